The van der Waals surface area contributed by atoms with Crippen molar-refractivity contribution in [2.24, 2.45) is 0 Å². The Labute approximate surface area is 148 Å². The number of carbonyl (C=O) groups is 2. The van der Waals surface area contributed by atoms with Gasteiger partial charge in [0.05, 0.1) is 6.61 Å². The van der Waals surface area contributed by atoms with E-state index in [4.69, 9.17) is 9.47 Å². The van der Waals surface area contributed by atoms with Crippen molar-refractivity contribution in [3.63, 3.8) is 0 Å². The lowest BCUT2D eigenvalue weighted by Crippen LogP contribution is -2.14. The van der Waals surface area contributed by atoms with Gasteiger partial charge in [0.1, 0.15) is 4.88 Å². The minimum absolute atomic E-state index is 0.0186. The summed E-state index contributed by atoms with van der Waals surface area (Å²) in [6.45, 7) is 1.40. The number of hydrogen-bond donors (Lipinski definition) is 1. The molecule has 1 amide bonds. The van der Waals surface area contributed by atoms with Crippen LogP contribution >= 0.6 is 11.3 Å². The molecule has 0 spiro atoms. The summed E-state index contributed by atoms with van der Waals surface area (Å²) in [4.78, 5) is 26.6. The van der Waals surface area contributed by atoms with Gasteiger partial charge in [0, 0.05) is 5.56 Å². The summed E-state index contributed by atoms with van der Waals surface area (Å²) in [5.41, 5.74) is -1.27. The molecule has 3 rings (SSSR count). The lowest BCUT2D eigenvalue weighted by molar-refractivity contribution is -0.141. The van der Waals surface area contributed by atoms with E-state index < -0.39 is 28.6 Å². The molecule has 1 aliphatic rings. The van der Waals surface area contributed by atoms with E-state index in [0.29, 0.717) is 22.8 Å². The fraction of sp³-hybridized carbons (Fsp3) is 0.267. The standard InChI is InChI=1S/C15H11F3N2O5S/c1-2-23-13(22)10-11(15(16,17)18)19-14(26-10)20-12(21)7-3-4-8-9(5-7)25-6-24-8/h3-5H,2,6H2,1H3,(H,19,20,21). The third-order valence-corrected chi connectivity index (χ3v) is 4.16. The molecule has 0 fully saturated rings. The van der Waals surface area contributed by atoms with E-state index in [1.807, 2.05) is 0 Å². The lowest BCUT2D eigenvalue weighted by Gasteiger charge is -2.05. The van der Waals surface area contributed by atoms with Crippen molar-refractivity contribution in [2.45, 2.75) is 13.1 Å². The number of ether oxygens (including phenoxy) is 3. The summed E-state index contributed by atoms with van der Waals surface area (Å²) in [5.74, 6) is -1.05. The summed E-state index contributed by atoms with van der Waals surface area (Å²) in [6.07, 6.45) is -4.86. The smallest absolute Gasteiger partial charge is 0.435 e. The zero-order valence-electron chi connectivity index (χ0n) is 13.2. The van der Waals surface area contributed by atoms with Gasteiger partial charge in [-0.1, -0.05) is 11.3 Å². The predicted octanol–water partition coefficient (Wildman–Crippen LogP) is 3.32. The number of hydrogen-bond acceptors (Lipinski definition) is 7. The molecule has 1 aromatic heterocycles. The number of nitrogens with zero attached hydrogens (tertiary/aromatic N) is 1. The topological polar surface area (TPSA) is 86.8 Å². The van der Waals surface area contributed by atoms with Gasteiger partial charge in [0.2, 0.25) is 6.79 Å². The van der Waals surface area contributed by atoms with Crippen LogP contribution in [-0.4, -0.2) is 30.3 Å². The largest absolute Gasteiger partial charge is 0.462 e. The van der Waals surface area contributed by atoms with E-state index in [-0.39, 0.29) is 24.1 Å². The van der Waals surface area contributed by atoms with Crippen LogP contribution in [0.1, 0.15) is 32.6 Å². The molecule has 0 saturated carbocycles. The molecule has 7 nitrogen and oxygen atoms in total. The van der Waals surface area contributed by atoms with Crippen molar-refractivity contribution in [2.75, 3.05) is 18.7 Å². The van der Waals surface area contributed by atoms with Crippen molar-refractivity contribution in [3.05, 3.63) is 34.3 Å². The quantitative estimate of drug-likeness (QED) is 0.809. The van der Waals surface area contributed by atoms with Crippen molar-refractivity contribution >= 4 is 28.3 Å². The highest BCUT2D eigenvalue weighted by Crippen LogP contribution is 2.37. The molecule has 138 valence electrons. The van der Waals surface area contributed by atoms with Gasteiger partial charge >= 0.3 is 12.1 Å². The number of benzene rings is 1. The van der Waals surface area contributed by atoms with Crippen LogP contribution in [0.4, 0.5) is 18.3 Å². The summed E-state index contributed by atoms with van der Waals surface area (Å²) >= 11 is 0.389. The Hall–Kier alpha value is -2.82. The van der Waals surface area contributed by atoms with Gasteiger partial charge in [0.15, 0.2) is 22.3 Å². The number of anilines is 1. The molecular weight excluding hydrogens is 377 g/mol. The zero-order valence-corrected chi connectivity index (χ0v) is 14.0. The molecule has 0 bridgehead atoms. The number of carbonyl (C=O) groups excluding carboxylic acids is 2. The molecule has 11 heteroatoms. The van der Waals surface area contributed by atoms with Gasteiger partial charge in [-0.15, -0.1) is 0 Å². The zero-order chi connectivity index (χ0) is 18.9. The lowest BCUT2D eigenvalue weighted by atomic mass is 10.2. The summed E-state index contributed by atoms with van der Waals surface area (Å²) in [5, 5.41) is 1.87. The first-order valence-corrected chi connectivity index (χ1v) is 8.07. The normalized spacial score (nSPS) is 12.8. The number of rotatable bonds is 4. The Kier molecular flexibility index (Phi) is 4.72. The van der Waals surface area contributed by atoms with Crippen LogP contribution < -0.4 is 14.8 Å². The number of thiazole rings is 1. The van der Waals surface area contributed by atoms with Crippen molar-refractivity contribution in [3.8, 4) is 11.5 Å². The minimum atomic E-state index is -4.86. The molecule has 2 heterocycles. The minimum Gasteiger partial charge on any atom is -0.462 e. The maximum Gasteiger partial charge on any atom is 0.435 e. The average molecular weight is 388 g/mol. The number of nitrogens with one attached hydrogen (secondary N) is 1. The van der Waals surface area contributed by atoms with Gasteiger partial charge in [-0.3, -0.25) is 10.1 Å². The first kappa shape index (κ1) is 18.0. The van der Waals surface area contributed by atoms with Gasteiger partial charge in [0.25, 0.3) is 5.91 Å². The van der Waals surface area contributed by atoms with Crippen LogP contribution in [0, 0.1) is 0 Å². The van der Waals surface area contributed by atoms with Gasteiger partial charge in [-0.25, -0.2) is 9.78 Å². The van der Waals surface area contributed by atoms with E-state index in [1.165, 1.54) is 25.1 Å². The SMILES string of the molecule is CCOC(=O)c1sc(NC(=O)c2ccc3c(c2)OCO3)nc1C(F)(F)F. The Morgan fingerprint density at radius 3 is 2.73 bits per heavy atom. The highest BCUT2D eigenvalue weighted by atomic mass is 32.1. The molecule has 26 heavy (non-hydrogen) atoms. The number of alkyl halides is 3. The highest BCUT2D eigenvalue weighted by molar-refractivity contribution is 7.17. The molecular formula is C15H11F3N2O5S. The predicted molar refractivity (Wildman–Crippen MR) is 83.6 cm³/mol. The molecule has 2 aromatic rings. The van der Waals surface area contributed by atoms with Gasteiger partial charge in [-0.05, 0) is 25.1 Å². The van der Waals surface area contributed by atoms with Crippen LogP contribution in [0.15, 0.2) is 18.2 Å². The molecule has 1 aromatic carbocycles. The van der Waals surface area contributed by atoms with Gasteiger partial charge < -0.3 is 14.2 Å². The van der Waals surface area contributed by atoms with E-state index in [0.717, 1.165) is 0 Å². The number of fused-ring (bicyclic) bond motifs is 1. The fourth-order valence-electron chi connectivity index (χ4n) is 2.11. The number of esters is 1. The Morgan fingerprint density at radius 2 is 2.04 bits per heavy atom. The van der Waals surface area contributed by atoms with E-state index in [1.54, 1.807) is 0 Å². The second kappa shape index (κ2) is 6.83. The van der Waals surface area contributed by atoms with E-state index in [2.05, 4.69) is 15.0 Å². The van der Waals surface area contributed by atoms with Crippen molar-refractivity contribution in [1.29, 1.82) is 0 Å². The van der Waals surface area contributed by atoms with Crippen LogP contribution in [0.3, 0.4) is 0 Å². The summed E-state index contributed by atoms with van der Waals surface area (Å²) in [6, 6.07) is 4.32. The Balaban J connectivity index is 1.85. The number of aromatic nitrogens is 1. The van der Waals surface area contributed by atoms with Crippen LogP contribution in [-0.2, 0) is 10.9 Å². The molecule has 1 N–H and O–H groups in total. The van der Waals surface area contributed by atoms with Crippen molar-refractivity contribution in [1.82, 2.24) is 4.98 Å². The molecule has 0 radical (unpaired) electrons. The number of halogens is 3. The van der Waals surface area contributed by atoms with Gasteiger partial charge in [-0.2, -0.15) is 13.2 Å². The summed E-state index contributed by atoms with van der Waals surface area (Å²) < 4.78 is 54.1. The Morgan fingerprint density at radius 1 is 1.31 bits per heavy atom. The molecule has 0 saturated heterocycles. The average Bonchev–Trinajstić information content (AvgIpc) is 3.20. The van der Waals surface area contributed by atoms with Crippen LogP contribution in [0.2, 0.25) is 0 Å². The second-order valence-corrected chi connectivity index (χ2v) is 5.94. The van der Waals surface area contributed by atoms with Crippen LogP contribution in [0.5, 0.6) is 11.5 Å². The van der Waals surface area contributed by atoms with Crippen molar-refractivity contribution < 1.29 is 37.0 Å². The molecule has 0 unspecified atom stereocenters. The van der Waals surface area contributed by atoms with E-state index in [9.17, 15) is 22.8 Å². The van der Waals surface area contributed by atoms with Crippen LogP contribution in [0.25, 0.3) is 0 Å². The summed E-state index contributed by atoms with van der Waals surface area (Å²) in [7, 11) is 0. The molecule has 0 aliphatic carbocycles. The first-order valence-electron chi connectivity index (χ1n) is 7.25. The monoisotopic (exact) mass is 388 g/mol. The molecule has 0 atom stereocenters. The molecule has 1 aliphatic heterocycles. The van der Waals surface area contributed by atoms with E-state index >= 15 is 0 Å². The highest BCUT2D eigenvalue weighted by Gasteiger charge is 2.40. The second-order valence-electron chi connectivity index (χ2n) is 4.94. The third-order valence-electron chi connectivity index (χ3n) is 3.21. The number of amides is 1. The Bertz CT molecular complexity index is 865. The first-order chi connectivity index (χ1) is 12.3. The third kappa shape index (κ3) is 3.57. The maximum atomic E-state index is 13.1. The maximum absolute atomic E-state index is 13.1. The fourth-order valence-corrected chi connectivity index (χ4v) is 2.98.